The number of H-pyrrole nitrogens is 1. The number of pyridine rings is 1. The van der Waals surface area contributed by atoms with Crippen molar-refractivity contribution in [1.82, 2.24) is 25.0 Å². The zero-order valence-electron chi connectivity index (χ0n) is 22.2. The van der Waals surface area contributed by atoms with Gasteiger partial charge in [-0.1, -0.05) is 0 Å². The molecule has 4 heterocycles. The van der Waals surface area contributed by atoms with Crippen LogP contribution in [0.15, 0.2) is 29.3 Å². The molecule has 0 bridgehead atoms. The van der Waals surface area contributed by atoms with Gasteiger partial charge >= 0.3 is 6.18 Å². The highest BCUT2D eigenvalue weighted by atomic mass is 19.4. The Labute approximate surface area is 229 Å². The van der Waals surface area contributed by atoms with Crippen molar-refractivity contribution in [2.45, 2.75) is 12.6 Å². The van der Waals surface area contributed by atoms with Crippen molar-refractivity contribution < 1.29 is 32.2 Å². The number of morpholine rings is 1. The van der Waals surface area contributed by atoms with Gasteiger partial charge in [-0.3, -0.25) is 9.59 Å². The Balaban J connectivity index is 0.000000547. The molecule has 2 aliphatic rings. The molecule has 1 amide bonds. The number of amides is 1. The van der Waals surface area contributed by atoms with Crippen molar-refractivity contribution in [3.8, 4) is 11.8 Å². The lowest BCUT2D eigenvalue weighted by molar-refractivity contribution is -0.140. The molecule has 0 spiro atoms. The Morgan fingerprint density at radius 1 is 1.10 bits per heavy atom. The molecular weight excluding hydrogens is 535 g/mol. The molecule has 2 fully saturated rings. The fourth-order valence-electron chi connectivity index (χ4n) is 3.87. The third-order valence-corrected chi connectivity index (χ3v) is 6.12. The predicted octanol–water partition coefficient (Wildman–Crippen LogP) is 1.14. The number of aromatic nitrogens is 3. The van der Waals surface area contributed by atoms with Gasteiger partial charge in [-0.25, -0.2) is 10.1 Å². The van der Waals surface area contributed by atoms with Gasteiger partial charge in [0.1, 0.15) is 18.5 Å². The third kappa shape index (κ3) is 9.47. The fraction of sp³-hybridized carbons (Fsp3) is 0.560. The van der Waals surface area contributed by atoms with E-state index in [0.717, 1.165) is 38.3 Å². The summed E-state index contributed by atoms with van der Waals surface area (Å²) in [6.45, 7) is 6.04. The number of hydrogen-bond donors (Lipinski definition) is 1. The average Bonchev–Trinajstić information content (AvgIpc) is 2.95. The number of alkyl halides is 3. The quantitative estimate of drug-likeness (QED) is 0.463. The summed E-state index contributed by atoms with van der Waals surface area (Å²) in [7, 11) is 2.11. The maximum Gasteiger partial charge on any atom is 0.425 e. The van der Waals surface area contributed by atoms with Crippen molar-refractivity contribution in [3.63, 3.8) is 0 Å². The molecular formula is C25H32F3N7O5. The molecule has 218 valence electrons. The number of nitrogens with zero attached hydrogens (tertiary/aromatic N) is 6. The van der Waals surface area contributed by atoms with Gasteiger partial charge in [0.2, 0.25) is 5.91 Å². The van der Waals surface area contributed by atoms with E-state index in [1.54, 1.807) is 22.1 Å². The van der Waals surface area contributed by atoms with Crippen LogP contribution in [0, 0.1) is 11.3 Å². The second kappa shape index (κ2) is 15.2. The number of carbonyl (C=O) groups excluding carboxylic acids is 1. The normalized spacial score (nSPS) is 16.1. The van der Waals surface area contributed by atoms with E-state index >= 15 is 0 Å². The van der Waals surface area contributed by atoms with Crippen molar-refractivity contribution in [2.24, 2.45) is 0 Å². The van der Waals surface area contributed by atoms with Gasteiger partial charge in [0.05, 0.1) is 44.6 Å². The van der Waals surface area contributed by atoms with Crippen molar-refractivity contribution in [1.29, 1.82) is 5.26 Å². The maximum absolute atomic E-state index is 12.9. The first kappa shape index (κ1) is 30.8. The van der Waals surface area contributed by atoms with Gasteiger partial charge in [-0.05, 0) is 19.2 Å². The van der Waals surface area contributed by atoms with Crippen LogP contribution in [0.2, 0.25) is 0 Å². The van der Waals surface area contributed by atoms with Gasteiger partial charge in [0, 0.05) is 45.5 Å². The largest absolute Gasteiger partial charge is 0.489 e. The van der Waals surface area contributed by atoms with Gasteiger partial charge in [-0.15, -0.1) is 0 Å². The summed E-state index contributed by atoms with van der Waals surface area (Å²) in [5, 5.41) is 13.9. The Morgan fingerprint density at radius 3 is 2.40 bits per heavy atom. The second-order valence-electron chi connectivity index (χ2n) is 8.95. The highest BCUT2D eigenvalue weighted by Crippen LogP contribution is 2.32. The molecule has 12 nitrogen and oxygen atoms in total. The third-order valence-electron chi connectivity index (χ3n) is 6.12. The summed E-state index contributed by atoms with van der Waals surface area (Å²) < 4.78 is 54.2. The zero-order valence-corrected chi connectivity index (χ0v) is 22.2. The minimum absolute atomic E-state index is 0.0600. The summed E-state index contributed by atoms with van der Waals surface area (Å²) in [5.41, 5.74) is -2.36. The SMILES string of the molecule is CN1CCOCC1.N#Cc1ccc(N2CCN(C(=O)CCOCCOc3cn[nH]c(=O)c3C(F)(F)F)CC2)nc1. The van der Waals surface area contributed by atoms with E-state index < -0.39 is 23.0 Å². The molecule has 2 aliphatic heterocycles. The predicted molar refractivity (Wildman–Crippen MR) is 137 cm³/mol. The Kier molecular flexibility index (Phi) is 11.7. The Morgan fingerprint density at radius 2 is 1.82 bits per heavy atom. The Bertz CT molecular complexity index is 1170. The van der Waals surface area contributed by atoms with Crippen molar-refractivity contribution >= 4 is 11.7 Å². The van der Waals surface area contributed by atoms with E-state index in [1.807, 2.05) is 11.0 Å². The van der Waals surface area contributed by atoms with Crippen LogP contribution in [0.25, 0.3) is 0 Å². The molecule has 40 heavy (non-hydrogen) atoms. The molecule has 2 aromatic rings. The molecule has 2 aromatic heterocycles. The number of nitrogens with one attached hydrogen (secondary N) is 1. The van der Waals surface area contributed by atoms with E-state index in [4.69, 9.17) is 19.5 Å². The monoisotopic (exact) mass is 567 g/mol. The average molecular weight is 568 g/mol. The molecule has 15 heteroatoms. The lowest BCUT2D eigenvalue weighted by atomic mass is 10.2. The molecule has 1 N–H and O–H groups in total. The molecule has 0 saturated carbocycles. The highest BCUT2D eigenvalue weighted by Gasteiger charge is 2.38. The number of aromatic amines is 1. The molecule has 0 atom stereocenters. The number of piperazine rings is 1. The molecule has 0 unspecified atom stereocenters. The van der Waals surface area contributed by atoms with Crippen molar-refractivity contribution in [2.75, 3.05) is 84.3 Å². The minimum Gasteiger partial charge on any atom is -0.489 e. The molecule has 0 aliphatic carbocycles. The van der Waals surface area contributed by atoms with E-state index in [0.29, 0.717) is 31.7 Å². The van der Waals surface area contributed by atoms with Gasteiger partial charge in [-0.2, -0.15) is 23.5 Å². The highest BCUT2D eigenvalue weighted by molar-refractivity contribution is 5.76. The lowest BCUT2D eigenvalue weighted by Gasteiger charge is -2.35. The van der Waals surface area contributed by atoms with Gasteiger partial charge in [0.25, 0.3) is 5.56 Å². The minimum atomic E-state index is -4.88. The van der Waals surface area contributed by atoms with Crippen LogP contribution in [0.5, 0.6) is 5.75 Å². The molecule has 0 aromatic carbocycles. The van der Waals surface area contributed by atoms with Crippen LogP contribution < -0.4 is 15.2 Å². The molecule has 0 radical (unpaired) electrons. The summed E-state index contributed by atoms with van der Waals surface area (Å²) in [4.78, 5) is 34.0. The van der Waals surface area contributed by atoms with Gasteiger partial charge < -0.3 is 28.9 Å². The summed E-state index contributed by atoms with van der Waals surface area (Å²) in [6.07, 6.45) is -2.47. The zero-order chi connectivity index (χ0) is 29.0. The number of rotatable bonds is 8. The number of hydrogen-bond acceptors (Lipinski definition) is 10. The number of carbonyl (C=O) groups is 1. The van der Waals surface area contributed by atoms with E-state index in [9.17, 15) is 22.8 Å². The molecule has 2 saturated heterocycles. The number of ether oxygens (including phenoxy) is 3. The number of likely N-dealkylation sites (N-methyl/N-ethyl adjacent to an activating group) is 1. The Hall–Kier alpha value is -3.74. The second-order valence-corrected chi connectivity index (χ2v) is 8.95. The van der Waals surface area contributed by atoms with Crippen LogP contribution in [0.1, 0.15) is 17.5 Å². The molecule has 4 rings (SSSR count). The van der Waals surface area contributed by atoms with Gasteiger partial charge in [0.15, 0.2) is 11.3 Å². The van der Waals surface area contributed by atoms with Crippen LogP contribution in [-0.4, -0.2) is 110 Å². The fourth-order valence-corrected chi connectivity index (χ4v) is 3.87. The first-order chi connectivity index (χ1) is 19.2. The summed E-state index contributed by atoms with van der Waals surface area (Å²) in [6, 6.07) is 5.48. The van der Waals surface area contributed by atoms with Crippen LogP contribution in [0.4, 0.5) is 19.0 Å². The van der Waals surface area contributed by atoms with Crippen molar-refractivity contribution in [3.05, 3.63) is 46.0 Å². The van der Waals surface area contributed by atoms with Crippen LogP contribution >= 0.6 is 0 Å². The number of anilines is 1. The van der Waals surface area contributed by atoms with E-state index in [1.165, 1.54) is 6.20 Å². The smallest absolute Gasteiger partial charge is 0.425 e. The van der Waals surface area contributed by atoms with E-state index in [-0.39, 0.29) is 32.1 Å². The van der Waals surface area contributed by atoms with Crippen LogP contribution in [-0.2, 0) is 20.4 Å². The lowest BCUT2D eigenvalue weighted by Crippen LogP contribution is -2.49. The first-order valence-electron chi connectivity index (χ1n) is 12.7. The number of halogens is 3. The summed E-state index contributed by atoms with van der Waals surface area (Å²) in [5.74, 6) is -0.0317. The number of nitriles is 1. The van der Waals surface area contributed by atoms with Crippen LogP contribution in [0.3, 0.4) is 0 Å². The standard InChI is InChI=1S/C20H21F3N6O4.C5H11NO/c21-20(22,23)18-15(13-26-27-19(18)31)33-10-9-32-8-3-17(30)29-6-4-28(5-7-29)16-2-1-14(11-24)12-25-16;1-6-2-4-7-5-3-6/h1-2,12-13H,3-10H2,(H,27,31);2-5H2,1H3. The maximum atomic E-state index is 12.9. The first-order valence-corrected chi connectivity index (χ1v) is 12.7. The van der Waals surface area contributed by atoms with E-state index in [2.05, 4.69) is 22.0 Å². The summed E-state index contributed by atoms with van der Waals surface area (Å²) >= 11 is 0. The topological polar surface area (TPSA) is 137 Å².